The molecule has 212 valence electrons. The maximum absolute atomic E-state index is 12.8. The van der Waals surface area contributed by atoms with Crippen molar-refractivity contribution >= 4 is 5.91 Å². The first kappa shape index (κ1) is 28.4. The SMILES string of the molecule is CC1CCCCN1CCCNC(=O)c1cccc(OC2CCN(CC(c3ccccc3)c3ccccc3)CC2)c1. The van der Waals surface area contributed by atoms with Gasteiger partial charge in [-0.25, -0.2) is 0 Å². The van der Waals surface area contributed by atoms with E-state index in [0.29, 0.717) is 24.1 Å². The van der Waals surface area contributed by atoms with Gasteiger partial charge in [-0.15, -0.1) is 0 Å². The summed E-state index contributed by atoms with van der Waals surface area (Å²) in [6.45, 7) is 8.30. The van der Waals surface area contributed by atoms with Gasteiger partial charge in [0.1, 0.15) is 11.9 Å². The summed E-state index contributed by atoms with van der Waals surface area (Å²) in [5, 5.41) is 3.11. The molecule has 0 aliphatic carbocycles. The van der Waals surface area contributed by atoms with Crippen LogP contribution in [-0.2, 0) is 0 Å². The largest absolute Gasteiger partial charge is 0.490 e. The molecular weight excluding hydrogens is 494 g/mol. The maximum Gasteiger partial charge on any atom is 0.251 e. The lowest BCUT2D eigenvalue weighted by Gasteiger charge is -2.34. The zero-order chi connectivity index (χ0) is 27.6. The molecule has 0 saturated carbocycles. The minimum absolute atomic E-state index is 0.0140. The molecular formula is C35H45N3O2. The van der Waals surface area contributed by atoms with Crippen LogP contribution >= 0.6 is 0 Å². The molecule has 2 aliphatic rings. The predicted molar refractivity (Wildman–Crippen MR) is 163 cm³/mol. The Bertz CT molecular complexity index is 1140. The van der Waals surface area contributed by atoms with Crippen molar-refractivity contribution in [2.24, 2.45) is 0 Å². The van der Waals surface area contributed by atoms with Gasteiger partial charge in [0, 0.05) is 50.2 Å². The second kappa shape index (κ2) is 14.5. The zero-order valence-corrected chi connectivity index (χ0v) is 24.0. The van der Waals surface area contributed by atoms with Gasteiger partial charge in [0.15, 0.2) is 0 Å². The first-order valence-corrected chi connectivity index (χ1v) is 15.3. The molecule has 0 spiro atoms. The van der Waals surface area contributed by atoms with E-state index in [0.717, 1.165) is 51.2 Å². The van der Waals surface area contributed by atoms with Crippen LogP contribution in [0.4, 0.5) is 0 Å². The number of nitrogens with one attached hydrogen (secondary N) is 1. The Kier molecular flexibility index (Phi) is 10.3. The number of hydrogen-bond acceptors (Lipinski definition) is 4. The van der Waals surface area contributed by atoms with Crippen LogP contribution in [0, 0.1) is 0 Å². The number of piperidine rings is 2. The molecule has 5 rings (SSSR count). The van der Waals surface area contributed by atoms with Crippen molar-refractivity contribution in [3.63, 3.8) is 0 Å². The Morgan fingerprint density at radius 2 is 1.57 bits per heavy atom. The Labute approximate surface area is 240 Å². The third kappa shape index (κ3) is 7.96. The van der Waals surface area contributed by atoms with Crippen molar-refractivity contribution in [1.82, 2.24) is 15.1 Å². The second-order valence-corrected chi connectivity index (χ2v) is 11.5. The normalized spacial score (nSPS) is 19.0. The van der Waals surface area contributed by atoms with Crippen molar-refractivity contribution < 1.29 is 9.53 Å². The van der Waals surface area contributed by atoms with Crippen LogP contribution in [0.15, 0.2) is 84.9 Å². The number of carbonyl (C=O) groups is 1. The number of benzene rings is 3. The van der Waals surface area contributed by atoms with Crippen LogP contribution in [0.3, 0.4) is 0 Å². The molecule has 1 N–H and O–H groups in total. The van der Waals surface area contributed by atoms with Crippen LogP contribution in [0.25, 0.3) is 0 Å². The van der Waals surface area contributed by atoms with E-state index >= 15 is 0 Å². The van der Waals surface area contributed by atoms with E-state index in [9.17, 15) is 4.79 Å². The number of ether oxygens (including phenoxy) is 1. The highest BCUT2D eigenvalue weighted by atomic mass is 16.5. The third-order valence-electron chi connectivity index (χ3n) is 8.63. The van der Waals surface area contributed by atoms with Crippen molar-refractivity contribution in [1.29, 1.82) is 0 Å². The first-order valence-electron chi connectivity index (χ1n) is 15.3. The molecule has 2 aliphatic heterocycles. The average molecular weight is 540 g/mol. The maximum atomic E-state index is 12.8. The van der Waals surface area contributed by atoms with Gasteiger partial charge in [0.25, 0.3) is 5.91 Å². The highest BCUT2D eigenvalue weighted by molar-refractivity contribution is 5.94. The lowest BCUT2D eigenvalue weighted by molar-refractivity contribution is 0.0938. The molecule has 0 aromatic heterocycles. The fourth-order valence-electron chi connectivity index (χ4n) is 6.22. The molecule has 3 aromatic carbocycles. The molecule has 3 aromatic rings. The third-order valence-corrected chi connectivity index (χ3v) is 8.63. The molecule has 2 heterocycles. The summed E-state index contributed by atoms with van der Waals surface area (Å²) in [6.07, 6.45) is 7.07. The van der Waals surface area contributed by atoms with E-state index in [1.807, 2.05) is 24.3 Å². The lowest BCUT2D eigenvalue weighted by Crippen LogP contribution is -2.40. The zero-order valence-electron chi connectivity index (χ0n) is 24.0. The van der Waals surface area contributed by atoms with E-state index in [4.69, 9.17) is 4.74 Å². The number of nitrogens with zero attached hydrogens (tertiary/aromatic N) is 2. The molecule has 1 atom stereocenters. The molecule has 5 heteroatoms. The Hall–Kier alpha value is -3.15. The fraction of sp³-hybridized carbons (Fsp3) is 0.457. The molecule has 0 bridgehead atoms. The first-order chi connectivity index (χ1) is 19.7. The molecule has 1 unspecified atom stereocenters. The summed E-state index contributed by atoms with van der Waals surface area (Å²) in [7, 11) is 0. The molecule has 5 nitrogen and oxygen atoms in total. The van der Waals surface area contributed by atoms with Gasteiger partial charge >= 0.3 is 0 Å². The van der Waals surface area contributed by atoms with Crippen LogP contribution < -0.4 is 10.1 Å². The van der Waals surface area contributed by atoms with Crippen LogP contribution in [-0.4, -0.2) is 67.1 Å². The van der Waals surface area contributed by atoms with E-state index in [1.54, 1.807) is 0 Å². The summed E-state index contributed by atoms with van der Waals surface area (Å²) in [4.78, 5) is 17.9. The Morgan fingerprint density at radius 1 is 0.875 bits per heavy atom. The molecule has 2 fully saturated rings. The average Bonchev–Trinajstić information content (AvgIpc) is 3.00. The van der Waals surface area contributed by atoms with Gasteiger partial charge < -0.3 is 19.9 Å². The number of likely N-dealkylation sites (tertiary alicyclic amines) is 2. The van der Waals surface area contributed by atoms with Crippen molar-refractivity contribution in [3.8, 4) is 5.75 Å². The van der Waals surface area contributed by atoms with E-state index < -0.39 is 0 Å². The molecule has 0 radical (unpaired) electrons. The monoisotopic (exact) mass is 539 g/mol. The summed E-state index contributed by atoms with van der Waals surface area (Å²) < 4.78 is 6.37. The van der Waals surface area contributed by atoms with Crippen molar-refractivity contribution in [3.05, 3.63) is 102 Å². The molecule has 2 saturated heterocycles. The highest BCUT2D eigenvalue weighted by Crippen LogP contribution is 2.28. The van der Waals surface area contributed by atoms with Gasteiger partial charge in [-0.05, 0) is 74.9 Å². The topological polar surface area (TPSA) is 44.8 Å². The quantitative estimate of drug-likeness (QED) is 0.288. The number of amides is 1. The van der Waals surface area contributed by atoms with Crippen LogP contribution in [0.2, 0.25) is 0 Å². The molecule has 1 amide bonds. The van der Waals surface area contributed by atoms with Gasteiger partial charge in [0.2, 0.25) is 0 Å². The van der Waals surface area contributed by atoms with Crippen molar-refractivity contribution in [2.45, 2.75) is 63.5 Å². The Morgan fingerprint density at radius 3 is 2.25 bits per heavy atom. The van der Waals surface area contributed by atoms with Gasteiger partial charge in [-0.3, -0.25) is 4.79 Å². The summed E-state index contributed by atoms with van der Waals surface area (Å²) in [6, 6.07) is 30.0. The minimum Gasteiger partial charge on any atom is -0.490 e. The highest BCUT2D eigenvalue weighted by Gasteiger charge is 2.25. The minimum atomic E-state index is -0.0140. The van der Waals surface area contributed by atoms with Gasteiger partial charge in [0.05, 0.1) is 0 Å². The standard InChI is InChI=1S/C35H45N3O2/c1-28-12-8-9-22-38(28)23-11-21-36-35(39)31-17-10-18-33(26-31)40-32-19-24-37(25-20-32)27-34(29-13-4-2-5-14-29)30-15-6-3-7-16-30/h2-7,10,13-18,26,28,32,34H,8-9,11-12,19-25,27H2,1H3,(H,36,39). The summed E-state index contributed by atoms with van der Waals surface area (Å²) in [5.74, 6) is 1.14. The fourth-order valence-corrected chi connectivity index (χ4v) is 6.22. The number of carbonyl (C=O) groups excluding carboxylic acids is 1. The van der Waals surface area contributed by atoms with Crippen molar-refractivity contribution in [2.75, 3.05) is 39.3 Å². The summed E-state index contributed by atoms with van der Waals surface area (Å²) >= 11 is 0. The predicted octanol–water partition coefficient (Wildman–Crippen LogP) is 6.36. The second-order valence-electron chi connectivity index (χ2n) is 11.5. The summed E-state index contributed by atoms with van der Waals surface area (Å²) in [5.41, 5.74) is 3.40. The lowest BCUT2D eigenvalue weighted by atomic mass is 9.90. The molecule has 40 heavy (non-hydrogen) atoms. The smallest absolute Gasteiger partial charge is 0.251 e. The van der Waals surface area contributed by atoms with Crippen LogP contribution in [0.1, 0.15) is 72.9 Å². The van der Waals surface area contributed by atoms with E-state index in [1.165, 1.54) is 36.9 Å². The van der Waals surface area contributed by atoms with Gasteiger partial charge in [-0.1, -0.05) is 73.2 Å². The number of rotatable bonds is 11. The van der Waals surface area contributed by atoms with Crippen LogP contribution in [0.5, 0.6) is 5.75 Å². The van der Waals surface area contributed by atoms with E-state index in [2.05, 4.69) is 82.7 Å². The van der Waals surface area contributed by atoms with E-state index in [-0.39, 0.29) is 12.0 Å². The van der Waals surface area contributed by atoms with Gasteiger partial charge in [-0.2, -0.15) is 0 Å². The number of hydrogen-bond donors (Lipinski definition) is 1. The Balaban J connectivity index is 1.08.